The highest BCUT2D eigenvalue weighted by Gasteiger charge is 2.80. The van der Waals surface area contributed by atoms with E-state index in [9.17, 15) is 19.5 Å². The predicted molar refractivity (Wildman–Crippen MR) is 123 cm³/mol. The molecule has 1 aliphatic carbocycles. The summed E-state index contributed by atoms with van der Waals surface area (Å²) in [4.78, 5) is 42.5. The van der Waals surface area contributed by atoms with Gasteiger partial charge in [0.05, 0.1) is 30.1 Å². The second-order valence-electron chi connectivity index (χ2n) is 11.4. The number of rotatable bonds is 7. The second-order valence-corrected chi connectivity index (χ2v) is 11.4. The van der Waals surface area contributed by atoms with Gasteiger partial charge in [-0.3, -0.25) is 14.4 Å². The van der Waals surface area contributed by atoms with E-state index in [1.807, 2.05) is 27.7 Å². The summed E-state index contributed by atoms with van der Waals surface area (Å²) in [6.45, 7) is 7.81. The van der Waals surface area contributed by atoms with E-state index in [1.165, 1.54) is 6.42 Å². The minimum Gasteiger partial charge on any atom is -0.394 e. The van der Waals surface area contributed by atoms with Crippen LogP contribution in [-0.2, 0) is 19.1 Å². The average Bonchev–Trinajstić information content (AvgIpc) is 3.29. The summed E-state index contributed by atoms with van der Waals surface area (Å²) in [5.41, 5.74) is -1.85. The van der Waals surface area contributed by atoms with Crippen LogP contribution in [0.25, 0.3) is 0 Å². The van der Waals surface area contributed by atoms with Gasteiger partial charge in [-0.25, -0.2) is 0 Å². The van der Waals surface area contributed by atoms with Gasteiger partial charge in [0.2, 0.25) is 17.7 Å². The number of hydrogen-bond donors (Lipinski definition) is 3. The first-order valence-corrected chi connectivity index (χ1v) is 12.8. The molecule has 2 bridgehead atoms. The van der Waals surface area contributed by atoms with Crippen LogP contribution in [0.15, 0.2) is 0 Å². The molecule has 0 aromatic rings. The minimum absolute atomic E-state index is 0.0199. The van der Waals surface area contributed by atoms with Gasteiger partial charge in [0.15, 0.2) is 0 Å². The summed E-state index contributed by atoms with van der Waals surface area (Å²) in [7, 11) is 1.58. The van der Waals surface area contributed by atoms with Gasteiger partial charge in [0, 0.05) is 13.1 Å². The van der Waals surface area contributed by atoms with Crippen LogP contribution in [0.2, 0.25) is 0 Å². The highest BCUT2D eigenvalue weighted by molar-refractivity contribution is 5.99. The highest BCUT2D eigenvalue weighted by Crippen LogP contribution is 2.65. The van der Waals surface area contributed by atoms with Crippen molar-refractivity contribution >= 4 is 17.7 Å². The molecule has 4 rings (SSSR count). The number of nitrogens with zero attached hydrogens (tertiary/aromatic N) is 1. The minimum atomic E-state index is -1.05. The molecule has 8 heteroatoms. The van der Waals surface area contributed by atoms with Crippen molar-refractivity contribution in [3.8, 4) is 0 Å². The Balaban J connectivity index is 1.76. The quantitative estimate of drug-likeness (QED) is 0.532. The van der Waals surface area contributed by atoms with E-state index in [2.05, 4.69) is 10.6 Å². The molecular formula is C25H41N3O5. The Morgan fingerprint density at radius 1 is 1.21 bits per heavy atom. The normalized spacial score (nSPS) is 39.1. The van der Waals surface area contributed by atoms with Crippen molar-refractivity contribution in [2.75, 3.05) is 13.7 Å². The SMILES string of the molecule is CNC(=O)[C@@H]1[C@H]2C(=O)N([C@@H](CO)CC(C)C)C(C(=O)NC3CCCCC3)C23CC(C)[C@@]1(C)O3. The number of carbonyl (C=O) groups excluding carboxylic acids is 3. The highest BCUT2D eigenvalue weighted by atomic mass is 16.5. The molecule has 4 fully saturated rings. The Labute approximate surface area is 197 Å². The lowest BCUT2D eigenvalue weighted by atomic mass is 9.62. The third-order valence-electron chi connectivity index (χ3n) is 8.83. The number of nitrogens with one attached hydrogen (secondary N) is 2. The average molecular weight is 464 g/mol. The third kappa shape index (κ3) is 3.68. The van der Waals surface area contributed by atoms with Gasteiger partial charge >= 0.3 is 0 Å². The maximum absolute atomic E-state index is 14.0. The number of amides is 3. The van der Waals surface area contributed by atoms with Crippen molar-refractivity contribution in [2.24, 2.45) is 23.7 Å². The van der Waals surface area contributed by atoms with Crippen LogP contribution in [0, 0.1) is 23.7 Å². The molecule has 8 nitrogen and oxygen atoms in total. The molecule has 3 heterocycles. The molecule has 33 heavy (non-hydrogen) atoms. The lowest BCUT2D eigenvalue weighted by Gasteiger charge is -2.38. The van der Waals surface area contributed by atoms with Gasteiger partial charge < -0.3 is 25.4 Å². The predicted octanol–water partition coefficient (Wildman–Crippen LogP) is 1.60. The van der Waals surface area contributed by atoms with Crippen molar-refractivity contribution < 1.29 is 24.2 Å². The largest absolute Gasteiger partial charge is 0.394 e. The molecule has 0 aromatic carbocycles. The number of hydrogen-bond acceptors (Lipinski definition) is 5. The van der Waals surface area contributed by atoms with E-state index in [0.717, 1.165) is 25.7 Å². The van der Waals surface area contributed by atoms with Gasteiger partial charge in [0.25, 0.3) is 0 Å². The van der Waals surface area contributed by atoms with E-state index in [0.29, 0.717) is 12.8 Å². The topological polar surface area (TPSA) is 108 Å². The van der Waals surface area contributed by atoms with Crippen LogP contribution in [-0.4, -0.2) is 70.7 Å². The van der Waals surface area contributed by atoms with Crippen molar-refractivity contribution in [1.82, 2.24) is 15.5 Å². The maximum atomic E-state index is 14.0. The Bertz CT molecular complexity index is 797. The number of aliphatic hydroxyl groups is 1. The summed E-state index contributed by atoms with van der Waals surface area (Å²) < 4.78 is 6.68. The van der Waals surface area contributed by atoms with Crippen molar-refractivity contribution in [2.45, 2.75) is 102 Å². The fourth-order valence-corrected chi connectivity index (χ4v) is 7.27. The molecule has 186 valence electrons. The van der Waals surface area contributed by atoms with Crippen molar-refractivity contribution in [3.05, 3.63) is 0 Å². The third-order valence-corrected chi connectivity index (χ3v) is 8.83. The summed E-state index contributed by atoms with van der Waals surface area (Å²) >= 11 is 0. The van der Waals surface area contributed by atoms with E-state index in [-0.39, 0.29) is 42.2 Å². The Morgan fingerprint density at radius 2 is 1.88 bits per heavy atom. The summed E-state index contributed by atoms with van der Waals surface area (Å²) in [6, 6.07) is -1.24. The number of fused-ring (bicyclic) bond motifs is 1. The lowest BCUT2D eigenvalue weighted by molar-refractivity contribution is -0.151. The molecule has 3 saturated heterocycles. The molecule has 1 saturated carbocycles. The van der Waals surface area contributed by atoms with Crippen LogP contribution in [0.3, 0.4) is 0 Å². The van der Waals surface area contributed by atoms with Gasteiger partial charge in [-0.2, -0.15) is 0 Å². The molecule has 3 unspecified atom stereocenters. The van der Waals surface area contributed by atoms with Crippen LogP contribution >= 0.6 is 0 Å². The van der Waals surface area contributed by atoms with Crippen LogP contribution in [0.5, 0.6) is 0 Å². The Hall–Kier alpha value is -1.67. The molecular weight excluding hydrogens is 422 g/mol. The van der Waals surface area contributed by atoms with E-state index < -0.39 is 35.1 Å². The van der Waals surface area contributed by atoms with Gasteiger partial charge in [-0.1, -0.05) is 40.0 Å². The standard InChI is InChI=1S/C25H41N3O5/c1-14(2)11-17(13-29)28-20(22(31)27-16-9-7-6-8-10-16)25-12-15(3)24(4,33-25)18(21(30)26-5)19(25)23(28)32/h14-20,29H,6-13H2,1-5H3,(H,26,30)(H,27,31)/t15?,17-,18+,19+,20?,24-,25?/m1/s1. The smallest absolute Gasteiger partial charge is 0.246 e. The number of aliphatic hydroxyl groups excluding tert-OH is 1. The van der Waals surface area contributed by atoms with Crippen LogP contribution < -0.4 is 10.6 Å². The first-order valence-electron chi connectivity index (χ1n) is 12.8. The molecule has 1 spiro atoms. The molecule has 0 radical (unpaired) electrons. The summed E-state index contributed by atoms with van der Waals surface area (Å²) in [5.74, 6) is -1.78. The first-order chi connectivity index (χ1) is 15.6. The molecule has 3 N–H and O–H groups in total. The van der Waals surface area contributed by atoms with E-state index in [4.69, 9.17) is 4.74 Å². The molecule has 3 aliphatic heterocycles. The zero-order valence-electron chi connectivity index (χ0n) is 20.7. The molecule has 4 aliphatic rings. The van der Waals surface area contributed by atoms with Crippen LogP contribution in [0.1, 0.15) is 72.6 Å². The first kappa shape index (κ1) is 24.5. The Morgan fingerprint density at radius 3 is 2.45 bits per heavy atom. The summed E-state index contributed by atoms with van der Waals surface area (Å²) in [5, 5.41) is 16.2. The van der Waals surface area contributed by atoms with Gasteiger partial charge in [0.1, 0.15) is 11.6 Å². The van der Waals surface area contributed by atoms with Gasteiger partial charge in [-0.15, -0.1) is 0 Å². The van der Waals surface area contributed by atoms with Crippen molar-refractivity contribution in [3.63, 3.8) is 0 Å². The Kier molecular flexibility index (Phi) is 6.55. The zero-order chi connectivity index (χ0) is 24.1. The maximum Gasteiger partial charge on any atom is 0.246 e. The van der Waals surface area contributed by atoms with Crippen LogP contribution in [0.4, 0.5) is 0 Å². The van der Waals surface area contributed by atoms with E-state index >= 15 is 0 Å². The number of ether oxygens (including phenoxy) is 1. The van der Waals surface area contributed by atoms with E-state index in [1.54, 1.807) is 11.9 Å². The summed E-state index contributed by atoms with van der Waals surface area (Å²) in [6.07, 6.45) is 6.36. The van der Waals surface area contributed by atoms with Crippen molar-refractivity contribution in [1.29, 1.82) is 0 Å². The monoisotopic (exact) mass is 463 g/mol. The number of likely N-dealkylation sites (tertiary alicyclic amines) is 1. The number of carbonyl (C=O) groups is 3. The fraction of sp³-hybridized carbons (Fsp3) is 0.880. The zero-order valence-corrected chi connectivity index (χ0v) is 20.7. The second kappa shape index (κ2) is 8.84. The molecule has 0 aromatic heterocycles. The fourth-order valence-electron chi connectivity index (χ4n) is 7.27. The van der Waals surface area contributed by atoms with Gasteiger partial charge in [-0.05, 0) is 44.4 Å². The lowest BCUT2D eigenvalue weighted by Crippen LogP contribution is -2.59. The molecule has 7 atom stereocenters. The molecule has 3 amide bonds.